The highest BCUT2D eigenvalue weighted by molar-refractivity contribution is 5.94. The van der Waals surface area contributed by atoms with Crippen molar-refractivity contribution in [3.8, 4) is 28.9 Å². The number of nitrogens with zero attached hydrogens (tertiary/aromatic N) is 6. The van der Waals surface area contributed by atoms with E-state index < -0.39 is 5.82 Å². The second kappa shape index (κ2) is 8.77. The fourth-order valence-corrected chi connectivity index (χ4v) is 3.85. The Morgan fingerprint density at radius 2 is 1.91 bits per heavy atom. The molecule has 0 atom stereocenters. The molecule has 4 rings (SSSR count). The first-order chi connectivity index (χ1) is 15.4. The lowest BCUT2D eigenvalue weighted by molar-refractivity contribution is 0.0643. The number of aromatic hydroxyl groups is 1. The van der Waals surface area contributed by atoms with Crippen LogP contribution in [0.25, 0.3) is 16.9 Å². The molecule has 0 unspecified atom stereocenters. The third-order valence-electron chi connectivity index (χ3n) is 5.86. The number of hydrogen-bond donors (Lipinski definition) is 1. The van der Waals surface area contributed by atoms with Crippen molar-refractivity contribution >= 4 is 5.91 Å². The summed E-state index contributed by atoms with van der Waals surface area (Å²) in [5, 5.41) is 23.9. The number of hydrogen-bond acceptors (Lipinski definition) is 6. The van der Waals surface area contributed by atoms with Gasteiger partial charge in [0, 0.05) is 32.4 Å². The highest BCUT2D eigenvalue weighted by atomic mass is 19.1. The maximum absolute atomic E-state index is 14.3. The van der Waals surface area contributed by atoms with Crippen LogP contribution in [0.2, 0.25) is 0 Å². The Hall–Kier alpha value is -3.77. The van der Waals surface area contributed by atoms with Gasteiger partial charge in [-0.25, -0.2) is 9.37 Å². The van der Waals surface area contributed by atoms with Gasteiger partial charge < -0.3 is 14.9 Å². The van der Waals surface area contributed by atoms with E-state index in [4.69, 9.17) is 5.26 Å². The molecule has 1 N–H and O–H groups in total. The largest absolute Gasteiger partial charge is 0.493 e. The second-order valence-corrected chi connectivity index (χ2v) is 7.64. The quantitative estimate of drug-likeness (QED) is 0.678. The molecule has 1 aliphatic heterocycles. The fourth-order valence-electron chi connectivity index (χ4n) is 3.85. The van der Waals surface area contributed by atoms with Crippen molar-refractivity contribution in [1.82, 2.24) is 24.6 Å². The van der Waals surface area contributed by atoms with Gasteiger partial charge in [-0.1, -0.05) is 13.0 Å². The van der Waals surface area contributed by atoms with Crippen LogP contribution in [0.4, 0.5) is 4.39 Å². The van der Waals surface area contributed by atoms with Crippen molar-refractivity contribution in [2.75, 3.05) is 32.7 Å². The molecule has 1 aliphatic rings. The first kappa shape index (κ1) is 21.5. The number of likely N-dealkylation sites (N-methyl/N-ethyl adjacent to an activating group) is 1. The number of pyridine rings is 1. The normalized spacial score (nSPS) is 14.4. The minimum Gasteiger partial charge on any atom is -0.493 e. The van der Waals surface area contributed by atoms with Crippen LogP contribution in [0.15, 0.2) is 36.7 Å². The molecule has 0 saturated carbocycles. The third kappa shape index (κ3) is 3.81. The highest BCUT2D eigenvalue weighted by Gasteiger charge is 2.22. The van der Waals surface area contributed by atoms with Crippen molar-refractivity contribution in [3.05, 3.63) is 59.2 Å². The molecular formula is C23H23FN6O2. The Morgan fingerprint density at radius 3 is 2.53 bits per heavy atom. The summed E-state index contributed by atoms with van der Waals surface area (Å²) in [6, 6.07) is 8.01. The topological polar surface area (TPSA) is 98.3 Å². The zero-order chi connectivity index (χ0) is 22.8. The van der Waals surface area contributed by atoms with Crippen LogP contribution < -0.4 is 0 Å². The van der Waals surface area contributed by atoms with Gasteiger partial charge in [0.25, 0.3) is 5.91 Å². The minimum absolute atomic E-state index is 0.0591. The van der Waals surface area contributed by atoms with Crippen molar-refractivity contribution in [3.63, 3.8) is 0 Å². The highest BCUT2D eigenvalue weighted by Crippen LogP contribution is 2.34. The molecule has 0 aliphatic carbocycles. The van der Waals surface area contributed by atoms with Gasteiger partial charge in [-0.2, -0.15) is 15.0 Å². The van der Waals surface area contributed by atoms with Gasteiger partial charge in [0.05, 0.1) is 22.9 Å². The molecule has 0 spiro atoms. The van der Waals surface area contributed by atoms with Gasteiger partial charge in [0.1, 0.15) is 11.9 Å². The SMILES string of the molecule is CCN1CCN(C(=O)c2ccc(-n3ncc(-c4ccc(C#N)c(F)c4C)c3O)nc2)CC1. The molecule has 0 radical (unpaired) electrons. The predicted molar refractivity (Wildman–Crippen MR) is 116 cm³/mol. The van der Waals surface area contributed by atoms with Crippen LogP contribution in [0, 0.1) is 24.1 Å². The molecule has 0 bridgehead atoms. The predicted octanol–water partition coefficient (Wildman–Crippen LogP) is 2.74. The first-order valence-electron chi connectivity index (χ1n) is 10.4. The van der Waals surface area contributed by atoms with Crippen LogP contribution in [-0.4, -0.2) is 68.3 Å². The van der Waals surface area contributed by atoms with Crippen molar-refractivity contribution in [1.29, 1.82) is 5.26 Å². The lowest BCUT2D eigenvalue weighted by Crippen LogP contribution is -2.48. The van der Waals surface area contributed by atoms with Gasteiger partial charge in [-0.15, -0.1) is 0 Å². The first-order valence-corrected chi connectivity index (χ1v) is 10.4. The van der Waals surface area contributed by atoms with E-state index in [0.29, 0.717) is 35.6 Å². The molecule has 1 saturated heterocycles. The summed E-state index contributed by atoms with van der Waals surface area (Å²) < 4.78 is 15.6. The Bertz CT molecular complexity index is 1190. The molecule has 32 heavy (non-hydrogen) atoms. The number of nitriles is 1. The van der Waals surface area contributed by atoms with E-state index in [9.17, 15) is 14.3 Å². The summed E-state index contributed by atoms with van der Waals surface area (Å²) in [5.41, 5.74) is 1.41. The average Bonchev–Trinajstić information content (AvgIpc) is 3.21. The number of amides is 1. The van der Waals surface area contributed by atoms with Crippen LogP contribution in [0.3, 0.4) is 0 Å². The number of halogens is 1. The van der Waals surface area contributed by atoms with E-state index in [1.165, 1.54) is 23.1 Å². The third-order valence-corrected chi connectivity index (χ3v) is 5.86. The molecule has 3 heterocycles. The van der Waals surface area contributed by atoms with Crippen LogP contribution in [0.1, 0.15) is 28.4 Å². The second-order valence-electron chi connectivity index (χ2n) is 7.64. The van der Waals surface area contributed by atoms with Gasteiger partial charge in [0.15, 0.2) is 5.82 Å². The minimum atomic E-state index is -0.627. The Balaban J connectivity index is 1.56. The lowest BCUT2D eigenvalue weighted by atomic mass is 10.00. The van der Waals surface area contributed by atoms with Crippen molar-refractivity contribution < 1.29 is 14.3 Å². The summed E-state index contributed by atoms with van der Waals surface area (Å²) in [6.07, 6.45) is 2.88. The van der Waals surface area contributed by atoms with Crippen molar-refractivity contribution in [2.45, 2.75) is 13.8 Å². The Morgan fingerprint density at radius 1 is 1.16 bits per heavy atom. The molecule has 3 aromatic rings. The van der Waals surface area contributed by atoms with E-state index in [2.05, 4.69) is 21.9 Å². The Labute approximate surface area is 185 Å². The summed E-state index contributed by atoms with van der Waals surface area (Å²) in [6.45, 7) is 7.69. The Kier molecular flexibility index (Phi) is 5.88. The molecule has 2 aromatic heterocycles. The lowest BCUT2D eigenvalue weighted by Gasteiger charge is -2.34. The standard InChI is InChI=1S/C23H23FN6O2/c1-3-28-8-10-29(11-9-28)22(31)17-5-7-20(26-13-17)30-23(32)19(14-27-30)18-6-4-16(12-25)21(24)15(18)2/h4-7,13-14,32H,3,8-11H2,1-2H3. The average molecular weight is 434 g/mol. The molecular weight excluding hydrogens is 411 g/mol. The number of aromatic nitrogens is 3. The summed E-state index contributed by atoms with van der Waals surface area (Å²) >= 11 is 0. The summed E-state index contributed by atoms with van der Waals surface area (Å²) in [7, 11) is 0. The van der Waals surface area contributed by atoms with E-state index in [0.717, 1.165) is 19.6 Å². The van der Waals surface area contributed by atoms with E-state index in [1.807, 2.05) is 4.90 Å². The number of carbonyl (C=O) groups is 1. The van der Waals surface area contributed by atoms with Crippen LogP contribution in [0.5, 0.6) is 5.88 Å². The molecule has 164 valence electrons. The van der Waals surface area contributed by atoms with Crippen LogP contribution in [-0.2, 0) is 0 Å². The number of piperazine rings is 1. The monoisotopic (exact) mass is 434 g/mol. The van der Waals surface area contributed by atoms with Gasteiger partial charge in [-0.3, -0.25) is 4.79 Å². The van der Waals surface area contributed by atoms with E-state index >= 15 is 0 Å². The molecule has 1 aromatic carbocycles. The molecule has 8 nitrogen and oxygen atoms in total. The molecule has 9 heteroatoms. The van der Waals surface area contributed by atoms with Crippen molar-refractivity contribution in [2.24, 2.45) is 0 Å². The molecule has 1 amide bonds. The van der Waals surface area contributed by atoms with E-state index in [-0.39, 0.29) is 22.9 Å². The summed E-state index contributed by atoms with van der Waals surface area (Å²) in [4.78, 5) is 21.2. The van der Waals surface area contributed by atoms with E-state index in [1.54, 1.807) is 31.2 Å². The zero-order valence-corrected chi connectivity index (χ0v) is 17.9. The zero-order valence-electron chi connectivity index (χ0n) is 17.9. The van der Waals surface area contributed by atoms with Crippen LogP contribution >= 0.6 is 0 Å². The smallest absolute Gasteiger partial charge is 0.255 e. The van der Waals surface area contributed by atoms with Gasteiger partial charge >= 0.3 is 0 Å². The number of benzene rings is 1. The number of rotatable bonds is 4. The molecule has 1 fully saturated rings. The maximum Gasteiger partial charge on any atom is 0.255 e. The number of carbonyl (C=O) groups excluding carboxylic acids is 1. The van der Waals surface area contributed by atoms with Gasteiger partial charge in [-0.05, 0) is 42.8 Å². The fraction of sp³-hybridized carbons (Fsp3) is 0.304. The summed E-state index contributed by atoms with van der Waals surface area (Å²) in [5.74, 6) is -0.584. The van der Waals surface area contributed by atoms with Gasteiger partial charge in [0.2, 0.25) is 5.88 Å². The maximum atomic E-state index is 14.3.